The van der Waals surface area contributed by atoms with Crippen LogP contribution in [0.2, 0.25) is 0 Å². The Morgan fingerprint density at radius 2 is 1.71 bits per heavy atom. The molecule has 0 fully saturated rings. The molecule has 2 unspecified atom stereocenters. The lowest BCUT2D eigenvalue weighted by Gasteiger charge is -2.26. The summed E-state index contributed by atoms with van der Waals surface area (Å²) in [5.74, 6) is 0.258. The first-order chi connectivity index (χ1) is 7.94. The maximum atomic E-state index is 10.9. The topological polar surface area (TPSA) is 66.8 Å². The lowest BCUT2D eigenvalue weighted by molar-refractivity contribution is 0.0741. The lowest BCUT2D eigenvalue weighted by Crippen LogP contribution is -2.22. The van der Waals surface area contributed by atoms with Crippen molar-refractivity contribution in [3.05, 3.63) is 0 Å². The van der Waals surface area contributed by atoms with Crippen molar-refractivity contribution in [1.82, 2.24) is 0 Å². The van der Waals surface area contributed by atoms with Crippen LogP contribution in [0.5, 0.6) is 0 Å². The highest BCUT2D eigenvalue weighted by atomic mass is 31.2. The summed E-state index contributed by atoms with van der Waals surface area (Å²) in [6.07, 6.45) is 6.65. The SMILES string of the molecule is CCCCCC(CC)C(CCC)OP(=O)(O)O. The molecule has 0 saturated carbocycles. The first-order valence-corrected chi connectivity index (χ1v) is 8.21. The molecule has 0 rings (SSSR count). The van der Waals surface area contributed by atoms with Crippen LogP contribution in [0.1, 0.15) is 65.7 Å². The predicted octanol–water partition coefficient (Wildman–Crippen LogP) is 3.87. The molecule has 0 aliphatic carbocycles. The summed E-state index contributed by atoms with van der Waals surface area (Å²) in [6.45, 7) is 6.22. The first kappa shape index (κ1) is 17.1. The Balaban J connectivity index is 4.35. The molecule has 0 heterocycles. The molecule has 17 heavy (non-hydrogen) atoms. The van der Waals surface area contributed by atoms with Crippen LogP contribution >= 0.6 is 7.82 Å². The monoisotopic (exact) mass is 266 g/mol. The number of hydrogen-bond donors (Lipinski definition) is 2. The lowest BCUT2D eigenvalue weighted by atomic mass is 9.91. The van der Waals surface area contributed by atoms with E-state index in [1.807, 2.05) is 6.92 Å². The second kappa shape index (κ2) is 9.09. The molecule has 0 aromatic rings. The third kappa shape index (κ3) is 8.78. The molecule has 0 aromatic carbocycles. The van der Waals surface area contributed by atoms with Gasteiger partial charge in [0.2, 0.25) is 0 Å². The molecule has 2 N–H and O–H groups in total. The molecule has 2 atom stereocenters. The Kier molecular flexibility index (Phi) is 9.15. The van der Waals surface area contributed by atoms with Gasteiger partial charge in [0.1, 0.15) is 0 Å². The van der Waals surface area contributed by atoms with E-state index in [2.05, 4.69) is 13.8 Å². The number of phosphoric ester groups is 1. The van der Waals surface area contributed by atoms with Crippen LogP contribution in [0.4, 0.5) is 0 Å². The zero-order valence-corrected chi connectivity index (χ0v) is 12.2. The van der Waals surface area contributed by atoms with Crippen LogP contribution in [0.25, 0.3) is 0 Å². The Hall–Kier alpha value is 0.110. The van der Waals surface area contributed by atoms with Crippen molar-refractivity contribution < 1.29 is 18.9 Å². The largest absolute Gasteiger partial charge is 0.469 e. The fraction of sp³-hybridized carbons (Fsp3) is 1.00. The molecule has 104 valence electrons. The maximum absolute atomic E-state index is 10.9. The number of rotatable bonds is 10. The Bertz CT molecular complexity index is 227. The first-order valence-electron chi connectivity index (χ1n) is 6.68. The standard InChI is InChI=1S/C12H27O4P/c1-4-7-8-10-11(6-3)12(9-5-2)16-17(13,14)15/h11-12H,4-10H2,1-3H3,(H2,13,14,15). The van der Waals surface area contributed by atoms with Crippen molar-refractivity contribution in [3.8, 4) is 0 Å². The molecule has 4 nitrogen and oxygen atoms in total. The van der Waals surface area contributed by atoms with Gasteiger partial charge in [-0.15, -0.1) is 0 Å². The van der Waals surface area contributed by atoms with Crippen LogP contribution in [0.3, 0.4) is 0 Å². The average Bonchev–Trinajstić information content (AvgIpc) is 2.22. The summed E-state index contributed by atoms with van der Waals surface area (Å²) in [6, 6.07) is 0. The van der Waals surface area contributed by atoms with Gasteiger partial charge in [0, 0.05) is 0 Å². The van der Waals surface area contributed by atoms with E-state index in [0.717, 1.165) is 38.5 Å². The summed E-state index contributed by atoms with van der Waals surface area (Å²) in [7, 11) is -4.36. The van der Waals surface area contributed by atoms with E-state index in [1.165, 1.54) is 6.42 Å². The third-order valence-electron chi connectivity index (χ3n) is 3.07. The number of phosphoric acid groups is 1. The van der Waals surface area contributed by atoms with Crippen molar-refractivity contribution in [2.24, 2.45) is 5.92 Å². The van der Waals surface area contributed by atoms with Crippen LogP contribution < -0.4 is 0 Å². The number of unbranched alkanes of at least 4 members (excludes halogenated alkanes) is 2. The number of hydrogen-bond acceptors (Lipinski definition) is 2. The van der Waals surface area contributed by atoms with Crippen molar-refractivity contribution in [2.75, 3.05) is 0 Å². The fourth-order valence-electron chi connectivity index (χ4n) is 2.14. The Morgan fingerprint density at radius 1 is 1.06 bits per heavy atom. The highest BCUT2D eigenvalue weighted by Crippen LogP contribution is 2.41. The Labute approximate surface area is 105 Å². The van der Waals surface area contributed by atoms with Crippen LogP contribution in [0, 0.1) is 5.92 Å². The quantitative estimate of drug-likeness (QED) is 0.465. The van der Waals surface area contributed by atoms with Crippen LogP contribution in [-0.2, 0) is 9.09 Å². The molecule has 0 amide bonds. The van der Waals surface area contributed by atoms with Crippen molar-refractivity contribution in [2.45, 2.75) is 71.8 Å². The Morgan fingerprint density at radius 3 is 2.12 bits per heavy atom. The van der Waals surface area contributed by atoms with Crippen LogP contribution in [-0.4, -0.2) is 15.9 Å². The fourth-order valence-corrected chi connectivity index (χ4v) is 2.78. The highest BCUT2D eigenvalue weighted by Gasteiger charge is 2.27. The van der Waals surface area contributed by atoms with Gasteiger partial charge in [-0.05, 0) is 18.8 Å². The van der Waals surface area contributed by atoms with Gasteiger partial charge >= 0.3 is 7.82 Å². The van der Waals surface area contributed by atoms with Gasteiger partial charge < -0.3 is 9.79 Å². The van der Waals surface area contributed by atoms with Gasteiger partial charge in [-0.1, -0.05) is 52.9 Å². The maximum Gasteiger partial charge on any atom is 0.469 e. The third-order valence-corrected chi connectivity index (χ3v) is 3.62. The summed E-state index contributed by atoms with van der Waals surface area (Å²) in [5, 5.41) is 0. The van der Waals surface area contributed by atoms with E-state index in [-0.39, 0.29) is 12.0 Å². The zero-order chi connectivity index (χ0) is 13.3. The van der Waals surface area contributed by atoms with E-state index in [1.54, 1.807) is 0 Å². The highest BCUT2D eigenvalue weighted by molar-refractivity contribution is 7.46. The second-order valence-electron chi connectivity index (χ2n) is 4.59. The van der Waals surface area contributed by atoms with Gasteiger partial charge in [-0.25, -0.2) is 4.57 Å². The van der Waals surface area contributed by atoms with E-state index in [0.29, 0.717) is 0 Å². The van der Waals surface area contributed by atoms with E-state index in [9.17, 15) is 4.57 Å². The summed E-state index contributed by atoms with van der Waals surface area (Å²) in [5.41, 5.74) is 0. The molecule has 5 heteroatoms. The summed E-state index contributed by atoms with van der Waals surface area (Å²) >= 11 is 0. The van der Waals surface area contributed by atoms with Gasteiger partial charge in [-0.3, -0.25) is 4.52 Å². The predicted molar refractivity (Wildman–Crippen MR) is 69.7 cm³/mol. The van der Waals surface area contributed by atoms with Crippen molar-refractivity contribution in [3.63, 3.8) is 0 Å². The van der Waals surface area contributed by atoms with E-state index >= 15 is 0 Å². The summed E-state index contributed by atoms with van der Waals surface area (Å²) in [4.78, 5) is 17.8. The van der Waals surface area contributed by atoms with Crippen LogP contribution in [0.15, 0.2) is 0 Å². The zero-order valence-electron chi connectivity index (χ0n) is 11.3. The normalized spacial score (nSPS) is 15.8. The second-order valence-corrected chi connectivity index (χ2v) is 5.78. The molecule has 0 aliphatic heterocycles. The summed E-state index contributed by atoms with van der Waals surface area (Å²) < 4.78 is 15.9. The molecular formula is C12H27O4P. The van der Waals surface area contributed by atoms with Gasteiger partial charge in [0.15, 0.2) is 0 Å². The minimum atomic E-state index is -4.36. The molecular weight excluding hydrogens is 239 g/mol. The average molecular weight is 266 g/mol. The molecule has 0 aromatic heterocycles. The molecule has 0 radical (unpaired) electrons. The molecule has 0 saturated heterocycles. The van der Waals surface area contributed by atoms with E-state index in [4.69, 9.17) is 14.3 Å². The van der Waals surface area contributed by atoms with Gasteiger partial charge in [0.25, 0.3) is 0 Å². The van der Waals surface area contributed by atoms with Crippen molar-refractivity contribution >= 4 is 7.82 Å². The molecule has 0 bridgehead atoms. The van der Waals surface area contributed by atoms with E-state index < -0.39 is 7.82 Å². The molecule has 0 aliphatic rings. The van der Waals surface area contributed by atoms with Gasteiger partial charge in [0.05, 0.1) is 6.10 Å². The molecule has 0 spiro atoms. The van der Waals surface area contributed by atoms with Crippen molar-refractivity contribution in [1.29, 1.82) is 0 Å². The smallest absolute Gasteiger partial charge is 0.303 e. The minimum absolute atomic E-state index is 0.258. The van der Waals surface area contributed by atoms with Gasteiger partial charge in [-0.2, -0.15) is 0 Å². The minimum Gasteiger partial charge on any atom is -0.303 e.